The van der Waals surface area contributed by atoms with Crippen molar-refractivity contribution in [3.05, 3.63) is 72.1 Å². The van der Waals surface area contributed by atoms with Crippen LogP contribution in [0.15, 0.2) is 54.7 Å². The minimum Gasteiger partial charge on any atom is -0.484 e. The van der Waals surface area contributed by atoms with Crippen LogP contribution in [0.25, 0.3) is 11.1 Å². The maximum Gasteiger partial charge on any atom is 0.260 e. The monoisotopic (exact) mass is 424 g/mol. The topological polar surface area (TPSA) is 81.3 Å². The van der Waals surface area contributed by atoms with E-state index < -0.39 is 0 Å². The highest BCUT2D eigenvalue weighted by Crippen LogP contribution is 2.33. The third-order valence-electron chi connectivity index (χ3n) is 5.33. The highest BCUT2D eigenvalue weighted by molar-refractivity contribution is 5.78. The lowest BCUT2D eigenvalue weighted by Crippen LogP contribution is -2.41. The van der Waals surface area contributed by atoms with Gasteiger partial charge in [0.1, 0.15) is 17.4 Å². The molecule has 2 aromatic carbocycles. The van der Waals surface area contributed by atoms with Gasteiger partial charge in [0.15, 0.2) is 6.61 Å². The highest BCUT2D eigenvalue weighted by Gasteiger charge is 2.28. The molecular formula is C23H22F2N4O2. The van der Waals surface area contributed by atoms with E-state index in [2.05, 4.69) is 9.97 Å². The second-order valence-electron chi connectivity index (χ2n) is 7.46. The van der Waals surface area contributed by atoms with Crippen molar-refractivity contribution in [2.24, 2.45) is 0 Å². The molecule has 8 heteroatoms. The molecule has 1 saturated heterocycles. The number of nitrogens with two attached hydrogens (primary N) is 1. The summed E-state index contributed by atoms with van der Waals surface area (Å²) in [7, 11) is 0. The number of carbonyl (C=O) groups is 1. The minimum absolute atomic E-state index is 0.0334. The summed E-state index contributed by atoms with van der Waals surface area (Å²) < 4.78 is 31.9. The van der Waals surface area contributed by atoms with Gasteiger partial charge < -0.3 is 15.4 Å². The fraction of sp³-hybridized carbons (Fsp3) is 0.261. The first-order chi connectivity index (χ1) is 15.0. The standard InChI is InChI=1S/C23H22F2N4O2/c24-17-5-3-15(4-6-17)20-12-27-23(26)28-22(20)16-2-1-11-29(13-16)21(30)14-31-19-9-7-18(25)8-10-19/h3-10,12,16H,1-2,11,13-14H2,(H2,26,27,28)/t16-/m0/s1. The number of nitrogen functional groups attached to an aromatic ring is 1. The number of carbonyl (C=O) groups excluding carboxylic acids is 1. The summed E-state index contributed by atoms with van der Waals surface area (Å²) in [4.78, 5) is 23.0. The summed E-state index contributed by atoms with van der Waals surface area (Å²) >= 11 is 0. The average Bonchev–Trinajstić information content (AvgIpc) is 2.79. The van der Waals surface area contributed by atoms with Crippen LogP contribution in [0.1, 0.15) is 24.5 Å². The zero-order valence-corrected chi connectivity index (χ0v) is 16.8. The smallest absolute Gasteiger partial charge is 0.260 e. The van der Waals surface area contributed by atoms with Gasteiger partial charge in [0.2, 0.25) is 5.95 Å². The van der Waals surface area contributed by atoms with Crippen LogP contribution in [-0.4, -0.2) is 40.5 Å². The van der Waals surface area contributed by atoms with Crippen LogP contribution in [0.4, 0.5) is 14.7 Å². The Morgan fingerprint density at radius 1 is 1.10 bits per heavy atom. The lowest BCUT2D eigenvalue weighted by Gasteiger charge is -2.33. The van der Waals surface area contributed by atoms with Crippen LogP contribution in [0.3, 0.4) is 0 Å². The van der Waals surface area contributed by atoms with Crippen LogP contribution in [0, 0.1) is 11.6 Å². The first-order valence-corrected chi connectivity index (χ1v) is 10.0. The molecular weight excluding hydrogens is 402 g/mol. The van der Waals surface area contributed by atoms with E-state index in [1.54, 1.807) is 23.2 Å². The average molecular weight is 424 g/mol. The molecule has 1 aliphatic rings. The van der Waals surface area contributed by atoms with E-state index in [0.29, 0.717) is 18.8 Å². The molecule has 0 saturated carbocycles. The molecule has 2 heterocycles. The number of hydrogen-bond donors (Lipinski definition) is 1. The van der Waals surface area contributed by atoms with Gasteiger partial charge in [-0.15, -0.1) is 0 Å². The summed E-state index contributed by atoms with van der Waals surface area (Å²) in [6, 6.07) is 11.7. The van der Waals surface area contributed by atoms with Crippen molar-refractivity contribution in [1.29, 1.82) is 0 Å². The molecule has 31 heavy (non-hydrogen) atoms. The summed E-state index contributed by atoms with van der Waals surface area (Å²) in [5.41, 5.74) is 8.16. The van der Waals surface area contributed by atoms with Crippen LogP contribution >= 0.6 is 0 Å². The molecule has 2 N–H and O–H groups in total. The van der Waals surface area contributed by atoms with Crippen LogP contribution in [-0.2, 0) is 4.79 Å². The molecule has 1 atom stereocenters. The summed E-state index contributed by atoms with van der Waals surface area (Å²) in [5, 5.41) is 0. The van der Waals surface area contributed by atoms with Crippen LogP contribution in [0.2, 0.25) is 0 Å². The first-order valence-electron chi connectivity index (χ1n) is 10.0. The molecule has 1 amide bonds. The van der Waals surface area contributed by atoms with E-state index in [-0.39, 0.29) is 36.0 Å². The third-order valence-corrected chi connectivity index (χ3v) is 5.33. The number of rotatable bonds is 5. The minimum atomic E-state index is -0.362. The summed E-state index contributed by atoms with van der Waals surface area (Å²) in [6.45, 7) is 0.958. The van der Waals surface area contributed by atoms with Gasteiger partial charge in [-0.2, -0.15) is 0 Å². The van der Waals surface area contributed by atoms with Crippen molar-refractivity contribution in [2.45, 2.75) is 18.8 Å². The predicted molar refractivity (Wildman–Crippen MR) is 112 cm³/mol. The normalized spacial score (nSPS) is 16.2. The van der Waals surface area contributed by atoms with Crippen LogP contribution in [0.5, 0.6) is 5.75 Å². The fourth-order valence-corrected chi connectivity index (χ4v) is 3.77. The Morgan fingerprint density at radius 3 is 2.48 bits per heavy atom. The highest BCUT2D eigenvalue weighted by atomic mass is 19.1. The molecule has 1 aromatic heterocycles. The van der Waals surface area contributed by atoms with E-state index in [1.165, 1.54) is 36.4 Å². The van der Waals surface area contributed by atoms with Crippen molar-refractivity contribution >= 4 is 11.9 Å². The molecule has 0 radical (unpaired) electrons. The number of halogens is 2. The van der Waals surface area contributed by atoms with Crippen molar-refractivity contribution in [2.75, 3.05) is 25.4 Å². The Labute approximate surface area is 178 Å². The lowest BCUT2D eigenvalue weighted by molar-refractivity contribution is -0.134. The Bertz CT molecular complexity index is 1060. The number of benzene rings is 2. The van der Waals surface area contributed by atoms with E-state index >= 15 is 0 Å². The number of nitrogens with zero attached hydrogens (tertiary/aromatic N) is 3. The van der Waals surface area contributed by atoms with Gasteiger partial charge >= 0.3 is 0 Å². The maximum atomic E-state index is 13.4. The Balaban J connectivity index is 1.49. The number of amides is 1. The number of ether oxygens (including phenoxy) is 1. The number of piperidine rings is 1. The third kappa shape index (κ3) is 4.96. The molecule has 0 aliphatic carbocycles. The van der Waals surface area contributed by atoms with Crippen molar-refractivity contribution in [3.63, 3.8) is 0 Å². The van der Waals surface area contributed by atoms with Crippen molar-refractivity contribution in [1.82, 2.24) is 14.9 Å². The van der Waals surface area contributed by atoms with Crippen LogP contribution < -0.4 is 10.5 Å². The maximum absolute atomic E-state index is 13.4. The molecule has 4 rings (SSSR count). The number of aromatic nitrogens is 2. The van der Waals surface area contributed by atoms with Gasteiger partial charge in [-0.05, 0) is 54.8 Å². The number of likely N-dealkylation sites (tertiary alicyclic amines) is 1. The van der Waals surface area contributed by atoms with E-state index in [0.717, 1.165) is 29.7 Å². The van der Waals surface area contributed by atoms with Crippen molar-refractivity contribution in [3.8, 4) is 16.9 Å². The molecule has 6 nitrogen and oxygen atoms in total. The summed E-state index contributed by atoms with van der Waals surface area (Å²) in [5.74, 6) is -0.279. The van der Waals surface area contributed by atoms with Crippen molar-refractivity contribution < 1.29 is 18.3 Å². The van der Waals surface area contributed by atoms with E-state index in [4.69, 9.17) is 10.5 Å². The largest absolute Gasteiger partial charge is 0.484 e. The van der Waals surface area contributed by atoms with Gasteiger partial charge in [0.05, 0.1) is 5.69 Å². The Kier molecular flexibility index (Phi) is 6.06. The molecule has 1 fully saturated rings. The molecule has 0 spiro atoms. The molecule has 0 unspecified atom stereocenters. The van der Waals surface area contributed by atoms with Gasteiger partial charge in [-0.3, -0.25) is 4.79 Å². The van der Waals surface area contributed by atoms with Gasteiger partial charge in [-0.25, -0.2) is 18.7 Å². The first kappa shape index (κ1) is 20.7. The SMILES string of the molecule is Nc1ncc(-c2ccc(F)cc2)c([C@H]2CCCN(C(=O)COc3ccc(F)cc3)C2)n1. The summed E-state index contributed by atoms with van der Waals surface area (Å²) in [6.07, 6.45) is 3.29. The zero-order chi connectivity index (χ0) is 21.8. The predicted octanol–water partition coefficient (Wildman–Crippen LogP) is 3.79. The second-order valence-corrected chi connectivity index (χ2v) is 7.46. The van der Waals surface area contributed by atoms with E-state index in [1.807, 2.05) is 0 Å². The molecule has 3 aromatic rings. The molecule has 0 bridgehead atoms. The van der Waals surface area contributed by atoms with E-state index in [9.17, 15) is 13.6 Å². The molecule has 1 aliphatic heterocycles. The molecule has 160 valence electrons. The van der Waals surface area contributed by atoms with Gasteiger partial charge in [0, 0.05) is 30.8 Å². The number of anilines is 1. The fourth-order valence-electron chi connectivity index (χ4n) is 3.77. The zero-order valence-electron chi connectivity index (χ0n) is 16.8. The Hall–Kier alpha value is -3.55. The lowest BCUT2D eigenvalue weighted by atomic mass is 9.90. The second kappa shape index (κ2) is 9.07. The van der Waals surface area contributed by atoms with Gasteiger partial charge in [0.25, 0.3) is 5.91 Å². The number of hydrogen-bond acceptors (Lipinski definition) is 5. The van der Waals surface area contributed by atoms with Gasteiger partial charge in [-0.1, -0.05) is 12.1 Å². The quantitative estimate of drug-likeness (QED) is 0.674. The Morgan fingerprint density at radius 2 is 1.77 bits per heavy atom.